The monoisotopic (exact) mass is 599 g/mol. The van der Waals surface area contributed by atoms with Gasteiger partial charge < -0.3 is 30.7 Å². The number of hydrogen-bond donors (Lipinski definition) is 4. The molecule has 9 nitrogen and oxygen atoms in total. The molecule has 1 amide bonds. The molecule has 1 fully saturated rings. The van der Waals surface area contributed by atoms with Crippen LogP contribution >= 0.6 is 23.5 Å². The smallest absolute Gasteiger partial charge is 0.311 e. The lowest BCUT2D eigenvalue weighted by Crippen LogP contribution is -2.42. The van der Waals surface area contributed by atoms with Gasteiger partial charge in [-0.2, -0.15) is 0 Å². The zero-order valence-electron chi connectivity index (χ0n) is 23.9. The number of anilines is 2. The number of nitrogens with zero attached hydrogens (tertiary/aromatic N) is 1. The van der Waals surface area contributed by atoms with Gasteiger partial charge in [-0.25, -0.2) is 4.72 Å². The second-order valence-corrected chi connectivity index (χ2v) is 12.6. The van der Waals surface area contributed by atoms with Crippen LogP contribution in [0.1, 0.15) is 58.1 Å². The lowest BCUT2D eigenvalue weighted by Gasteiger charge is -2.31. The van der Waals surface area contributed by atoms with Crippen LogP contribution < -0.4 is 21.1 Å². The first-order valence-electron chi connectivity index (χ1n) is 13.6. The Balaban J connectivity index is 1.44. The summed E-state index contributed by atoms with van der Waals surface area (Å²) in [6.45, 7) is 8.64. The molecule has 5 N–H and O–H groups in total. The first-order chi connectivity index (χ1) is 19.5. The maximum Gasteiger partial charge on any atom is 0.311 e. The molecule has 11 heteroatoms. The Morgan fingerprint density at radius 1 is 1.17 bits per heavy atom. The van der Waals surface area contributed by atoms with Crippen molar-refractivity contribution in [2.45, 2.75) is 59.0 Å². The van der Waals surface area contributed by atoms with Crippen molar-refractivity contribution in [3.8, 4) is 0 Å². The Morgan fingerprint density at radius 3 is 2.66 bits per heavy atom. The standard InChI is InChI=1S/C30H38ClN5O4S/c1-29(2,3)27(37)40-19-30(4,21-10-8-11-22(31)17-21)35-41-28(38)34-23-13-7-9-20(25(23)32)18-36-15-16-39-26(36)24-12-5-6-14-33-24/h7-11,13,15-17,33,35H,5-6,12,14,18-19,32H2,1-4H3,(H,34,38)/b26-24-. The van der Waals surface area contributed by atoms with Gasteiger partial charge in [0, 0.05) is 29.7 Å². The Morgan fingerprint density at radius 2 is 1.95 bits per heavy atom. The zero-order valence-corrected chi connectivity index (χ0v) is 25.5. The lowest BCUT2D eigenvalue weighted by atomic mass is 9.93. The van der Waals surface area contributed by atoms with Crippen molar-refractivity contribution in [1.82, 2.24) is 14.9 Å². The minimum Gasteiger partial charge on any atom is -0.463 e. The molecule has 2 aliphatic heterocycles. The van der Waals surface area contributed by atoms with E-state index in [1.165, 1.54) is 0 Å². The molecule has 41 heavy (non-hydrogen) atoms. The average Bonchev–Trinajstić information content (AvgIpc) is 3.41. The molecule has 2 heterocycles. The Hall–Kier alpha value is -3.34. The van der Waals surface area contributed by atoms with E-state index < -0.39 is 11.0 Å². The van der Waals surface area contributed by atoms with E-state index in [9.17, 15) is 9.59 Å². The number of hydrogen-bond acceptors (Lipinski definition) is 9. The molecule has 220 valence electrons. The third-order valence-electron chi connectivity index (χ3n) is 6.84. The van der Waals surface area contributed by atoms with Gasteiger partial charge >= 0.3 is 5.97 Å². The predicted molar refractivity (Wildman–Crippen MR) is 164 cm³/mol. The number of amides is 1. The van der Waals surface area contributed by atoms with Gasteiger partial charge in [-0.15, -0.1) is 0 Å². The molecular formula is C30H38ClN5O4S. The highest BCUT2D eigenvalue weighted by Gasteiger charge is 2.32. The molecule has 0 saturated carbocycles. The van der Waals surface area contributed by atoms with Gasteiger partial charge in [0.25, 0.3) is 5.24 Å². The molecule has 4 rings (SSSR count). The summed E-state index contributed by atoms with van der Waals surface area (Å²) in [6, 6.07) is 12.8. The van der Waals surface area contributed by atoms with Gasteiger partial charge in [-0.05, 0) is 76.3 Å². The van der Waals surface area contributed by atoms with Gasteiger partial charge in [0.1, 0.15) is 12.9 Å². The highest BCUT2D eigenvalue weighted by atomic mass is 35.5. The maximum absolute atomic E-state index is 13.1. The van der Waals surface area contributed by atoms with Crippen LogP contribution in [-0.2, 0) is 26.4 Å². The zero-order chi connectivity index (χ0) is 29.6. The van der Waals surface area contributed by atoms with Crippen molar-refractivity contribution in [3.63, 3.8) is 0 Å². The largest absolute Gasteiger partial charge is 0.463 e. The fourth-order valence-corrected chi connectivity index (χ4v) is 5.22. The van der Waals surface area contributed by atoms with Gasteiger partial charge in [-0.3, -0.25) is 9.59 Å². The van der Waals surface area contributed by atoms with Crippen LogP contribution in [0.15, 0.2) is 66.5 Å². The molecular weight excluding hydrogens is 562 g/mol. The molecule has 0 aliphatic carbocycles. The summed E-state index contributed by atoms with van der Waals surface area (Å²) in [6.07, 6.45) is 6.75. The number of esters is 1. The second kappa shape index (κ2) is 13.1. The molecule has 1 saturated heterocycles. The highest BCUT2D eigenvalue weighted by molar-refractivity contribution is 8.12. The van der Waals surface area contributed by atoms with Crippen LogP contribution in [0.3, 0.4) is 0 Å². The van der Waals surface area contributed by atoms with E-state index in [1.807, 2.05) is 42.3 Å². The van der Waals surface area contributed by atoms with Crippen LogP contribution in [0.4, 0.5) is 16.2 Å². The van der Waals surface area contributed by atoms with E-state index >= 15 is 0 Å². The van der Waals surface area contributed by atoms with Crippen molar-refractivity contribution in [2.24, 2.45) is 5.41 Å². The number of nitrogen functional groups attached to an aromatic ring is 1. The van der Waals surface area contributed by atoms with Gasteiger partial charge in [0.15, 0.2) is 0 Å². The Labute approximate surface area is 251 Å². The number of rotatable bonds is 8. The number of benzene rings is 2. The van der Waals surface area contributed by atoms with Crippen molar-refractivity contribution >= 4 is 46.1 Å². The minimum atomic E-state index is -0.902. The second-order valence-electron chi connectivity index (χ2n) is 11.4. The number of ether oxygens (including phenoxy) is 2. The quantitative estimate of drug-likeness (QED) is 0.154. The Bertz CT molecular complexity index is 1330. The predicted octanol–water partition coefficient (Wildman–Crippen LogP) is 6.44. The number of carbonyl (C=O) groups is 2. The summed E-state index contributed by atoms with van der Waals surface area (Å²) in [5.41, 5.74) is 8.62. The molecule has 0 spiro atoms. The molecule has 0 bridgehead atoms. The van der Waals surface area contributed by atoms with Gasteiger partial charge in [0.2, 0.25) is 5.88 Å². The molecule has 0 aromatic heterocycles. The fraction of sp³-hybridized carbons (Fsp3) is 0.400. The van der Waals surface area contributed by atoms with Gasteiger partial charge in [-0.1, -0.05) is 35.9 Å². The number of piperidine rings is 1. The number of allylic oxidation sites excluding steroid dienone is 1. The van der Waals surface area contributed by atoms with Crippen LogP contribution in [-0.4, -0.2) is 29.3 Å². The Kier molecular flexibility index (Phi) is 9.78. The number of nitrogens with one attached hydrogen (secondary N) is 3. The third-order valence-corrected chi connectivity index (χ3v) is 7.92. The molecule has 1 unspecified atom stereocenters. The summed E-state index contributed by atoms with van der Waals surface area (Å²) >= 11 is 7.10. The van der Waals surface area contributed by atoms with E-state index in [-0.39, 0.29) is 17.8 Å². The van der Waals surface area contributed by atoms with E-state index in [0.29, 0.717) is 22.9 Å². The summed E-state index contributed by atoms with van der Waals surface area (Å²) in [4.78, 5) is 27.6. The van der Waals surface area contributed by atoms with Crippen LogP contribution in [0.25, 0.3) is 0 Å². The summed E-state index contributed by atoms with van der Waals surface area (Å²) in [5, 5.41) is 6.48. The third kappa shape index (κ3) is 7.90. The number of para-hydroxylation sites is 1. The minimum absolute atomic E-state index is 0.000526. The highest BCUT2D eigenvalue weighted by Crippen LogP contribution is 2.31. The average molecular weight is 600 g/mol. The summed E-state index contributed by atoms with van der Waals surface area (Å²) < 4.78 is 14.6. The maximum atomic E-state index is 13.1. The molecule has 2 aromatic rings. The van der Waals surface area contributed by atoms with Crippen LogP contribution in [0, 0.1) is 5.41 Å². The SMILES string of the molecule is CC(C)(C)C(=O)OCC(C)(NSC(=O)Nc1cccc(CN2C=CO/C2=C2/CCCCN2)c1N)c1cccc(Cl)c1. The van der Waals surface area contributed by atoms with E-state index in [1.54, 1.807) is 45.2 Å². The number of halogens is 1. The van der Waals surface area contributed by atoms with Crippen molar-refractivity contribution in [2.75, 3.05) is 24.2 Å². The summed E-state index contributed by atoms with van der Waals surface area (Å²) in [5.74, 6) is 0.439. The lowest BCUT2D eigenvalue weighted by molar-refractivity contribution is -0.155. The van der Waals surface area contributed by atoms with Crippen LogP contribution in [0.2, 0.25) is 5.02 Å². The topological polar surface area (TPSA) is 118 Å². The first-order valence-corrected chi connectivity index (χ1v) is 14.8. The number of nitrogens with two attached hydrogens (primary N) is 1. The normalized spacial score (nSPS) is 18.3. The fourth-order valence-electron chi connectivity index (χ4n) is 4.38. The van der Waals surface area contributed by atoms with E-state index in [0.717, 1.165) is 60.5 Å². The summed E-state index contributed by atoms with van der Waals surface area (Å²) in [7, 11) is 0. The van der Waals surface area contributed by atoms with E-state index in [4.69, 9.17) is 26.8 Å². The van der Waals surface area contributed by atoms with Crippen molar-refractivity contribution in [1.29, 1.82) is 0 Å². The molecule has 1 atom stereocenters. The molecule has 2 aromatic carbocycles. The van der Waals surface area contributed by atoms with Crippen LogP contribution in [0.5, 0.6) is 0 Å². The first kappa shape index (κ1) is 30.6. The molecule has 0 radical (unpaired) electrons. The van der Waals surface area contributed by atoms with Crippen molar-refractivity contribution in [3.05, 3.63) is 82.7 Å². The van der Waals surface area contributed by atoms with Crippen molar-refractivity contribution < 1.29 is 19.1 Å². The van der Waals surface area contributed by atoms with E-state index in [2.05, 4.69) is 15.4 Å². The number of carbonyl (C=O) groups excluding carboxylic acids is 2. The van der Waals surface area contributed by atoms with Gasteiger partial charge in [0.05, 0.1) is 34.6 Å². The molecule has 2 aliphatic rings.